The Morgan fingerprint density at radius 3 is 2.75 bits per heavy atom. The first-order valence-corrected chi connectivity index (χ1v) is 5.15. The summed E-state index contributed by atoms with van der Waals surface area (Å²) in [5.41, 5.74) is -0.759. The van der Waals surface area contributed by atoms with Gasteiger partial charge in [0.1, 0.15) is 0 Å². The Balaban J connectivity index is 2.24. The first kappa shape index (κ1) is 12.6. The molecule has 0 saturated carbocycles. The van der Waals surface area contributed by atoms with Gasteiger partial charge in [-0.1, -0.05) is 5.16 Å². The largest absolute Gasteiger partial charge is 0.481 e. The molecule has 1 heterocycles. The summed E-state index contributed by atoms with van der Waals surface area (Å²) in [6.45, 7) is 6.15. The van der Waals surface area contributed by atoms with Crippen molar-refractivity contribution in [2.75, 3.05) is 13.1 Å². The number of aryl methyl sites for hydroxylation is 1. The van der Waals surface area contributed by atoms with Gasteiger partial charge in [-0.15, -0.1) is 0 Å². The van der Waals surface area contributed by atoms with Gasteiger partial charge in [0.05, 0.1) is 5.41 Å². The first-order chi connectivity index (χ1) is 7.42. The minimum absolute atomic E-state index is 0.412. The van der Waals surface area contributed by atoms with E-state index >= 15 is 0 Å². The summed E-state index contributed by atoms with van der Waals surface area (Å²) < 4.78 is 4.93. The van der Waals surface area contributed by atoms with Crippen molar-refractivity contribution in [3.63, 3.8) is 0 Å². The lowest BCUT2D eigenvalue weighted by Crippen LogP contribution is -2.36. The van der Waals surface area contributed by atoms with Crippen molar-refractivity contribution in [3.05, 3.63) is 11.7 Å². The fraction of sp³-hybridized carbons (Fsp3) is 0.700. The number of hydrogen-bond acceptors (Lipinski definition) is 5. The van der Waals surface area contributed by atoms with E-state index in [1.807, 2.05) is 0 Å². The van der Waals surface area contributed by atoms with Crippen molar-refractivity contribution >= 4 is 5.97 Å². The van der Waals surface area contributed by atoms with Crippen LogP contribution in [0.4, 0.5) is 0 Å². The molecule has 90 valence electrons. The molecular formula is C10H17N3O3. The van der Waals surface area contributed by atoms with E-state index in [4.69, 9.17) is 9.63 Å². The van der Waals surface area contributed by atoms with Crippen LogP contribution in [0, 0.1) is 12.3 Å². The van der Waals surface area contributed by atoms with Crippen LogP contribution in [0.15, 0.2) is 4.52 Å². The molecule has 1 aromatic heterocycles. The fourth-order valence-corrected chi connectivity index (χ4v) is 1.11. The van der Waals surface area contributed by atoms with E-state index in [0.717, 1.165) is 0 Å². The molecular weight excluding hydrogens is 210 g/mol. The Morgan fingerprint density at radius 1 is 1.56 bits per heavy atom. The SMILES string of the molecule is Cc1noc(CCNCC(C)(C)C(=O)O)n1. The molecule has 6 heteroatoms. The molecule has 0 spiro atoms. The second-order valence-electron chi connectivity index (χ2n) is 4.35. The highest BCUT2D eigenvalue weighted by atomic mass is 16.5. The molecule has 6 nitrogen and oxygen atoms in total. The number of hydrogen-bond donors (Lipinski definition) is 2. The van der Waals surface area contributed by atoms with Gasteiger partial charge in [0.15, 0.2) is 5.82 Å². The monoisotopic (exact) mass is 227 g/mol. The molecule has 0 aliphatic rings. The molecule has 0 unspecified atom stereocenters. The molecule has 0 fully saturated rings. The molecule has 0 aliphatic heterocycles. The Morgan fingerprint density at radius 2 is 2.25 bits per heavy atom. The maximum absolute atomic E-state index is 10.8. The normalized spacial score (nSPS) is 11.7. The van der Waals surface area contributed by atoms with E-state index in [2.05, 4.69) is 15.5 Å². The molecule has 0 saturated heterocycles. The van der Waals surface area contributed by atoms with Crippen LogP contribution in [-0.2, 0) is 11.2 Å². The molecule has 1 aromatic rings. The van der Waals surface area contributed by atoms with E-state index in [1.165, 1.54) is 0 Å². The van der Waals surface area contributed by atoms with Gasteiger partial charge in [0.2, 0.25) is 5.89 Å². The number of nitrogens with zero attached hydrogens (tertiary/aromatic N) is 2. The smallest absolute Gasteiger partial charge is 0.310 e. The third kappa shape index (κ3) is 3.62. The number of carboxylic acids is 1. The van der Waals surface area contributed by atoms with Crippen LogP contribution >= 0.6 is 0 Å². The van der Waals surface area contributed by atoms with Gasteiger partial charge in [-0.05, 0) is 20.8 Å². The quantitative estimate of drug-likeness (QED) is 0.693. The minimum atomic E-state index is -0.811. The van der Waals surface area contributed by atoms with Gasteiger partial charge in [0.25, 0.3) is 0 Å². The van der Waals surface area contributed by atoms with Crippen LogP contribution < -0.4 is 5.32 Å². The highest BCUT2D eigenvalue weighted by Crippen LogP contribution is 2.12. The molecule has 2 N–H and O–H groups in total. The van der Waals surface area contributed by atoms with Crippen LogP contribution in [0.1, 0.15) is 25.6 Å². The first-order valence-electron chi connectivity index (χ1n) is 5.15. The minimum Gasteiger partial charge on any atom is -0.481 e. The summed E-state index contributed by atoms with van der Waals surface area (Å²) in [6, 6.07) is 0. The lowest BCUT2D eigenvalue weighted by Gasteiger charge is -2.19. The zero-order valence-electron chi connectivity index (χ0n) is 9.78. The molecule has 0 aliphatic carbocycles. The average Bonchev–Trinajstić information content (AvgIpc) is 2.59. The number of aliphatic carboxylic acids is 1. The Kier molecular flexibility index (Phi) is 4.00. The molecule has 16 heavy (non-hydrogen) atoms. The van der Waals surface area contributed by atoms with E-state index in [1.54, 1.807) is 20.8 Å². The predicted octanol–water partition coefficient (Wildman–Crippen LogP) is 0.621. The summed E-state index contributed by atoms with van der Waals surface area (Å²) in [5.74, 6) is 0.368. The fourth-order valence-electron chi connectivity index (χ4n) is 1.11. The summed E-state index contributed by atoms with van der Waals surface area (Å²) in [5, 5.41) is 15.6. The van der Waals surface area contributed by atoms with E-state index < -0.39 is 11.4 Å². The van der Waals surface area contributed by atoms with Crippen molar-refractivity contribution in [1.82, 2.24) is 15.5 Å². The van der Waals surface area contributed by atoms with Gasteiger partial charge < -0.3 is 14.9 Å². The highest BCUT2D eigenvalue weighted by molar-refractivity contribution is 5.73. The van der Waals surface area contributed by atoms with E-state index in [0.29, 0.717) is 31.2 Å². The van der Waals surface area contributed by atoms with Gasteiger partial charge in [0, 0.05) is 19.5 Å². The number of aromatic nitrogens is 2. The number of carbonyl (C=O) groups is 1. The maximum atomic E-state index is 10.8. The van der Waals surface area contributed by atoms with Gasteiger partial charge in [-0.3, -0.25) is 4.79 Å². The van der Waals surface area contributed by atoms with Crippen LogP contribution in [-0.4, -0.2) is 34.3 Å². The van der Waals surface area contributed by atoms with Crippen molar-refractivity contribution in [2.24, 2.45) is 5.41 Å². The van der Waals surface area contributed by atoms with Crippen LogP contribution in [0.5, 0.6) is 0 Å². The summed E-state index contributed by atoms with van der Waals surface area (Å²) in [7, 11) is 0. The number of carboxylic acid groups (broad SMARTS) is 1. The molecule has 0 bridgehead atoms. The maximum Gasteiger partial charge on any atom is 0.310 e. The molecule has 0 amide bonds. The number of rotatable bonds is 6. The predicted molar refractivity (Wildman–Crippen MR) is 57.0 cm³/mol. The summed E-state index contributed by atoms with van der Waals surface area (Å²) in [4.78, 5) is 14.9. The third-order valence-corrected chi connectivity index (χ3v) is 2.23. The Bertz CT molecular complexity index is 360. The average molecular weight is 227 g/mol. The topological polar surface area (TPSA) is 88.2 Å². The highest BCUT2D eigenvalue weighted by Gasteiger charge is 2.26. The van der Waals surface area contributed by atoms with Crippen molar-refractivity contribution in [3.8, 4) is 0 Å². The third-order valence-electron chi connectivity index (χ3n) is 2.23. The summed E-state index contributed by atoms with van der Waals surface area (Å²) >= 11 is 0. The second kappa shape index (κ2) is 5.07. The zero-order valence-corrected chi connectivity index (χ0v) is 9.78. The summed E-state index contributed by atoms with van der Waals surface area (Å²) in [6.07, 6.45) is 0.608. The van der Waals surface area contributed by atoms with Crippen LogP contribution in [0.2, 0.25) is 0 Å². The number of nitrogens with one attached hydrogen (secondary N) is 1. The van der Waals surface area contributed by atoms with Crippen molar-refractivity contribution in [1.29, 1.82) is 0 Å². The standard InChI is InChI=1S/C10H17N3O3/c1-7-12-8(16-13-7)4-5-11-6-10(2,3)9(14)15/h11H,4-6H2,1-3H3,(H,14,15). The van der Waals surface area contributed by atoms with E-state index in [9.17, 15) is 4.79 Å². The second-order valence-corrected chi connectivity index (χ2v) is 4.35. The lowest BCUT2D eigenvalue weighted by atomic mass is 9.94. The van der Waals surface area contributed by atoms with Crippen LogP contribution in [0.3, 0.4) is 0 Å². The Hall–Kier alpha value is -1.43. The Labute approximate surface area is 94.0 Å². The molecule has 0 radical (unpaired) electrons. The zero-order chi connectivity index (χ0) is 12.2. The van der Waals surface area contributed by atoms with Crippen LogP contribution in [0.25, 0.3) is 0 Å². The lowest BCUT2D eigenvalue weighted by molar-refractivity contribution is -0.146. The van der Waals surface area contributed by atoms with Crippen molar-refractivity contribution in [2.45, 2.75) is 27.2 Å². The van der Waals surface area contributed by atoms with Gasteiger partial charge in [-0.2, -0.15) is 4.98 Å². The van der Waals surface area contributed by atoms with Gasteiger partial charge >= 0.3 is 5.97 Å². The van der Waals surface area contributed by atoms with Crippen molar-refractivity contribution < 1.29 is 14.4 Å². The van der Waals surface area contributed by atoms with E-state index in [-0.39, 0.29) is 0 Å². The molecule has 1 rings (SSSR count). The van der Waals surface area contributed by atoms with Gasteiger partial charge in [-0.25, -0.2) is 0 Å². The molecule has 0 aromatic carbocycles. The molecule has 0 atom stereocenters.